The molecule has 4 aromatic carbocycles. The number of rotatable bonds is 10. The van der Waals surface area contributed by atoms with Crippen molar-refractivity contribution in [3.8, 4) is 22.9 Å². The Balaban J connectivity index is 1.50. The molecule has 0 saturated carbocycles. The number of hydrogen-bond donors (Lipinski definition) is 1. The number of fused-ring (bicyclic) bond motifs is 1. The Hall–Kier alpha value is -5.91. The summed E-state index contributed by atoms with van der Waals surface area (Å²) >= 11 is 0. The summed E-state index contributed by atoms with van der Waals surface area (Å²) in [6.45, 7) is 1.21. The van der Waals surface area contributed by atoms with E-state index in [0.717, 1.165) is 10.7 Å². The number of benzene rings is 4. The number of halogens is 1. The smallest absolute Gasteiger partial charge is 0.315 e. The van der Waals surface area contributed by atoms with E-state index in [1.807, 2.05) is 6.07 Å². The highest BCUT2D eigenvalue weighted by molar-refractivity contribution is 5.92. The molecule has 0 atom stereocenters. The molecule has 0 aliphatic carbocycles. The Morgan fingerprint density at radius 1 is 1.05 bits per heavy atom. The largest absolute Gasteiger partial charge is 0.490 e. The lowest BCUT2D eigenvalue weighted by Gasteiger charge is -2.13. The van der Waals surface area contributed by atoms with Gasteiger partial charge in [0.15, 0.2) is 18.2 Å². The molecule has 1 heterocycles. The van der Waals surface area contributed by atoms with Gasteiger partial charge in [0.05, 0.1) is 28.6 Å². The molecule has 5 aromatic rings. The Labute approximate surface area is 244 Å². The number of nitro benzene ring substituents is 1. The zero-order valence-electron chi connectivity index (χ0n) is 22.8. The third kappa shape index (κ3) is 6.54. The summed E-state index contributed by atoms with van der Waals surface area (Å²) in [5, 5.41) is 19.2. The predicted octanol–water partition coefficient (Wildman–Crippen LogP) is 5.41. The van der Waals surface area contributed by atoms with Crippen LogP contribution in [0.3, 0.4) is 0 Å². The van der Waals surface area contributed by atoms with Gasteiger partial charge in [0.25, 0.3) is 11.5 Å². The van der Waals surface area contributed by atoms with Crippen LogP contribution in [-0.2, 0) is 4.79 Å². The number of amides is 1. The molecule has 1 amide bonds. The van der Waals surface area contributed by atoms with Crippen LogP contribution in [0.5, 0.6) is 11.5 Å². The van der Waals surface area contributed by atoms with Crippen LogP contribution in [0.1, 0.15) is 12.5 Å². The van der Waals surface area contributed by atoms with Gasteiger partial charge in [-0.2, -0.15) is 9.78 Å². The second-order valence-electron chi connectivity index (χ2n) is 9.08. The van der Waals surface area contributed by atoms with Crippen LogP contribution in [0.15, 0.2) is 101 Å². The van der Waals surface area contributed by atoms with E-state index in [9.17, 15) is 24.1 Å². The van der Waals surface area contributed by atoms with Gasteiger partial charge in [-0.1, -0.05) is 48.5 Å². The molecule has 0 unspecified atom stereocenters. The number of nitrogens with zero attached hydrogens (tertiary/aromatic N) is 4. The highest BCUT2D eigenvalue weighted by atomic mass is 19.1. The van der Waals surface area contributed by atoms with Crippen LogP contribution < -0.4 is 20.3 Å². The van der Waals surface area contributed by atoms with Crippen molar-refractivity contribution in [1.29, 1.82) is 0 Å². The number of anilines is 1. The van der Waals surface area contributed by atoms with Crippen molar-refractivity contribution in [1.82, 2.24) is 9.66 Å². The zero-order chi connectivity index (χ0) is 30.3. The van der Waals surface area contributed by atoms with Gasteiger partial charge < -0.3 is 14.8 Å². The number of carbonyl (C=O) groups excluding carboxylic acids is 1. The summed E-state index contributed by atoms with van der Waals surface area (Å²) in [5.41, 5.74) is 0.653. The van der Waals surface area contributed by atoms with Crippen molar-refractivity contribution in [3.63, 3.8) is 0 Å². The summed E-state index contributed by atoms with van der Waals surface area (Å²) in [4.78, 5) is 41.9. The fourth-order valence-corrected chi connectivity index (χ4v) is 4.26. The van der Waals surface area contributed by atoms with Gasteiger partial charge in [-0.25, -0.2) is 9.37 Å². The molecule has 0 saturated heterocycles. The zero-order valence-corrected chi connectivity index (χ0v) is 22.8. The van der Waals surface area contributed by atoms with Crippen LogP contribution in [0.4, 0.5) is 15.8 Å². The quantitative estimate of drug-likeness (QED) is 0.132. The highest BCUT2D eigenvalue weighted by Crippen LogP contribution is 2.38. The van der Waals surface area contributed by atoms with E-state index in [2.05, 4.69) is 15.4 Å². The van der Waals surface area contributed by atoms with Crippen molar-refractivity contribution in [3.05, 3.63) is 123 Å². The maximum absolute atomic E-state index is 13.4. The third-order valence-electron chi connectivity index (χ3n) is 6.12. The molecule has 0 aliphatic heterocycles. The molecule has 0 bridgehead atoms. The van der Waals surface area contributed by atoms with Gasteiger partial charge in [0.1, 0.15) is 5.82 Å². The lowest BCUT2D eigenvalue weighted by Crippen LogP contribution is -2.21. The standard InChI is InChI=1S/C31H24FN5O6/c1-2-42-27-16-20(15-26(37(40)41)29(27)43-19-28(38)34-23-12-8-11-22(32)17-23)18-33-36-30(21-9-4-3-5-10-21)35-25-14-7-6-13-24(25)31(36)39/h3-18H,2,19H2,1H3,(H,34,38). The van der Waals surface area contributed by atoms with Crippen LogP contribution in [-0.4, -0.2) is 39.9 Å². The fourth-order valence-electron chi connectivity index (χ4n) is 4.26. The second-order valence-corrected chi connectivity index (χ2v) is 9.08. The van der Waals surface area contributed by atoms with Crippen molar-refractivity contribution in [2.24, 2.45) is 5.10 Å². The van der Waals surface area contributed by atoms with Crippen LogP contribution in [0.25, 0.3) is 22.3 Å². The lowest BCUT2D eigenvalue weighted by atomic mass is 10.1. The van der Waals surface area contributed by atoms with E-state index < -0.39 is 34.5 Å². The van der Waals surface area contributed by atoms with E-state index in [1.54, 1.807) is 55.5 Å². The van der Waals surface area contributed by atoms with Crippen LogP contribution in [0, 0.1) is 15.9 Å². The minimum atomic E-state index is -0.682. The summed E-state index contributed by atoms with van der Waals surface area (Å²) in [5.74, 6) is -1.20. The molecule has 216 valence electrons. The van der Waals surface area contributed by atoms with Gasteiger partial charge in [-0.15, -0.1) is 0 Å². The number of carbonyl (C=O) groups is 1. The first-order valence-corrected chi connectivity index (χ1v) is 13.1. The highest BCUT2D eigenvalue weighted by Gasteiger charge is 2.24. The lowest BCUT2D eigenvalue weighted by molar-refractivity contribution is -0.385. The Morgan fingerprint density at radius 3 is 2.56 bits per heavy atom. The number of nitro groups is 1. The first-order valence-electron chi connectivity index (χ1n) is 13.1. The first kappa shape index (κ1) is 28.6. The molecule has 0 radical (unpaired) electrons. The number of nitrogens with one attached hydrogen (secondary N) is 1. The molecular weight excluding hydrogens is 557 g/mol. The topological polar surface area (TPSA) is 138 Å². The Kier molecular flexibility index (Phi) is 8.47. The molecule has 1 aromatic heterocycles. The predicted molar refractivity (Wildman–Crippen MR) is 159 cm³/mol. The Bertz CT molecular complexity index is 1910. The molecule has 12 heteroatoms. The molecular formula is C31H24FN5O6. The van der Waals surface area contributed by atoms with Crippen molar-refractivity contribution in [2.75, 3.05) is 18.5 Å². The number of aromatic nitrogens is 2. The molecule has 11 nitrogen and oxygen atoms in total. The summed E-state index contributed by atoms with van der Waals surface area (Å²) in [7, 11) is 0. The minimum Gasteiger partial charge on any atom is -0.490 e. The fraction of sp³-hybridized carbons (Fsp3) is 0.0968. The molecule has 43 heavy (non-hydrogen) atoms. The molecule has 0 aliphatic rings. The maximum Gasteiger partial charge on any atom is 0.315 e. The summed E-state index contributed by atoms with van der Waals surface area (Å²) in [6, 6.07) is 23.8. The first-order chi connectivity index (χ1) is 20.8. The van der Waals surface area contributed by atoms with Crippen molar-refractivity contribution >= 4 is 34.4 Å². The number of para-hydroxylation sites is 1. The van der Waals surface area contributed by atoms with Crippen molar-refractivity contribution < 1.29 is 23.6 Å². The number of hydrogen-bond acceptors (Lipinski definition) is 8. The summed E-state index contributed by atoms with van der Waals surface area (Å²) in [6.07, 6.45) is 1.28. The maximum atomic E-state index is 13.4. The van der Waals surface area contributed by atoms with E-state index in [-0.39, 0.29) is 35.2 Å². The van der Waals surface area contributed by atoms with Crippen LogP contribution >= 0.6 is 0 Å². The normalized spacial score (nSPS) is 11.0. The molecule has 1 N–H and O–H groups in total. The van der Waals surface area contributed by atoms with Gasteiger partial charge in [0.2, 0.25) is 5.75 Å². The third-order valence-corrected chi connectivity index (χ3v) is 6.12. The molecule has 0 spiro atoms. The monoisotopic (exact) mass is 581 g/mol. The van der Waals surface area contributed by atoms with Crippen molar-refractivity contribution in [2.45, 2.75) is 6.92 Å². The average molecular weight is 582 g/mol. The Morgan fingerprint density at radius 2 is 1.81 bits per heavy atom. The molecule has 5 rings (SSSR count). The van der Waals surface area contributed by atoms with E-state index >= 15 is 0 Å². The number of ether oxygens (including phenoxy) is 2. The van der Waals surface area contributed by atoms with Gasteiger partial charge >= 0.3 is 5.69 Å². The van der Waals surface area contributed by atoms with E-state index in [4.69, 9.17) is 9.47 Å². The van der Waals surface area contributed by atoms with Crippen LogP contribution in [0.2, 0.25) is 0 Å². The molecule has 0 fully saturated rings. The SMILES string of the molecule is CCOc1cc(C=Nn2c(-c3ccccc3)nc3ccccc3c2=O)cc([N+](=O)[O-])c1OCC(=O)Nc1cccc(F)c1. The second kappa shape index (κ2) is 12.7. The van der Waals surface area contributed by atoms with E-state index in [0.29, 0.717) is 16.5 Å². The average Bonchev–Trinajstić information content (AvgIpc) is 3.00. The van der Waals surface area contributed by atoms with Gasteiger partial charge in [-0.3, -0.25) is 19.7 Å². The van der Waals surface area contributed by atoms with E-state index in [1.165, 1.54) is 36.5 Å². The van der Waals surface area contributed by atoms with Gasteiger partial charge in [0, 0.05) is 22.9 Å². The minimum absolute atomic E-state index is 0.0102. The van der Waals surface area contributed by atoms with Gasteiger partial charge in [-0.05, 0) is 43.3 Å². The summed E-state index contributed by atoms with van der Waals surface area (Å²) < 4.78 is 25.7.